The zero-order chi connectivity index (χ0) is 21.6. The Balaban J connectivity index is 1.25. The number of aryl methyl sites for hydroxylation is 1. The average Bonchev–Trinajstić information content (AvgIpc) is 3.29. The van der Waals surface area contributed by atoms with Gasteiger partial charge in [0, 0.05) is 25.2 Å². The minimum absolute atomic E-state index is 0.0374. The third-order valence-corrected chi connectivity index (χ3v) is 5.60. The Hall–Kier alpha value is -3.48. The molecule has 1 fully saturated rings. The van der Waals surface area contributed by atoms with Crippen molar-refractivity contribution in [3.8, 4) is 22.8 Å². The fourth-order valence-electron chi connectivity index (χ4n) is 3.78. The van der Waals surface area contributed by atoms with Crippen LogP contribution in [-0.4, -0.2) is 49.0 Å². The van der Waals surface area contributed by atoms with Crippen LogP contribution in [0.4, 0.5) is 5.82 Å². The predicted molar refractivity (Wildman–Crippen MR) is 121 cm³/mol. The number of para-hydroxylation sites is 1. The normalized spacial score (nSPS) is 14.3. The summed E-state index contributed by atoms with van der Waals surface area (Å²) in [5, 5.41) is 10.7. The zero-order valence-corrected chi connectivity index (χ0v) is 17.9. The minimum Gasteiger partial charge on any atom is -0.497 e. The second-order valence-corrected chi connectivity index (χ2v) is 7.75. The fourth-order valence-corrected chi connectivity index (χ4v) is 3.78. The molecule has 1 aromatic heterocycles. The SMILES string of the molecule is COc1ccc(-c2cc(N3CCC(NC(=O)COc4ccccc4C)CC3)n[nH]2)cc1. The molecule has 0 radical (unpaired) electrons. The molecule has 0 saturated carbocycles. The van der Waals surface area contributed by atoms with Crippen molar-refractivity contribution >= 4 is 11.7 Å². The van der Waals surface area contributed by atoms with Crippen LogP contribution in [-0.2, 0) is 4.79 Å². The molecular formula is C24H28N4O3. The number of carbonyl (C=O) groups is 1. The molecule has 1 aliphatic heterocycles. The van der Waals surface area contributed by atoms with Gasteiger partial charge in [-0.15, -0.1) is 0 Å². The van der Waals surface area contributed by atoms with Gasteiger partial charge in [0.1, 0.15) is 11.5 Å². The Kier molecular flexibility index (Phi) is 6.40. The minimum atomic E-state index is -0.0803. The molecule has 1 amide bonds. The monoisotopic (exact) mass is 420 g/mol. The number of rotatable bonds is 7. The summed E-state index contributed by atoms with van der Waals surface area (Å²) in [7, 11) is 1.66. The van der Waals surface area contributed by atoms with Crippen molar-refractivity contribution in [3.05, 3.63) is 60.2 Å². The number of piperidine rings is 1. The molecule has 4 rings (SSSR count). The highest BCUT2D eigenvalue weighted by Crippen LogP contribution is 2.25. The number of H-pyrrole nitrogens is 1. The van der Waals surface area contributed by atoms with E-state index in [1.807, 2.05) is 55.5 Å². The molecule has 1 saturated heterocycles. The first-order chi connectivity index (χ1) is 15.1. The second kappa shape index (κ2) is 9.55. The summed E-state index contributed by atoms with van der Waals surface area (Å²) in [5.41, 5.74) is 3.06. The van der Waals surface area contributed by atoms with E-state index in [1.165, 1.54) is 0 Å². The van der Waals surface area contributed by atoms with Gasteiger partial charge in [0.15, 0.2) is 12.4 Å². The van der Waals surface area contributed by atoms with Crippen molar-refractivity contribution in [1.82, 2.24) is 15.5 Å². The molecule has 3 aromatic rings. The van der Waals surface area contributed by atoms with Crippen molar-refractivity contribution in [1.29, 1.82) is 0 Å². The number of ether oxygens (including phenoxy) is 2. The highest BCUT2D eigenvalue weighted by molar-refractivity contribution is 5.78. The van der Waals surface area contributed by atoms with Crippen LogP contribution in [0.5, 0.6) is 11.5 Å². The van der Waals surface area contributed by atoms with E-state index in [9.17, 15) is 4.79 Å². The number of hydrogen-bond donors (Lipinski definition) is 2. The van der Waals surface area contributed by atoms with Crippen LogP contribution in [0.1, 0.15) is 18.4 Å². The third kappa shape index (κ3) is 5.17. The average molecular weight is 421 g/mol. The first-order valence-corrected chi connectivity index (χ1v) is 10.5. The third-order valence-electron chi connectivity index (χ3n) is 5.60. The summed E-state index contributed by atoms with van der Waals surface area (Å²) in [5.74, 6) is 2.43. The van der Waals surface area contributed by atoms with Gasteiger partial charge in [0.05, 0.1) is 12.8 Å². The number of methoxy groups -OCH3 is 1. The number of carbonyl (C=O) groups excluding carboxylic acids is 1. The first-order valence-electron chi connectivity index (χ1n) is 10.5. The zero-order valence-electron chi connectivity index (χ0n) is 17.9. The van der Waals surface area contributed by atoms with E-state index >= 15 is 0 Å². The molecule has 7 heteroatoms. The Labute approximate surface area is 182 Å². The molecule has 2 aromatic carbocycles. The lowest BCUT2D eigenvalue weighted by atomic mass is 10.0. The van der Waals surface area contributed by atoms with Crippen LogP contribution < -0.4 is 19.7 Å². The predicted octanol–water partition coefficient (Wildman–Crippen LogP) is 3.56. The first kappa shape index (κ1) is 20.8. The second-order valence-electron chi connectivity index (χ2n) is 7.75. The number of nitrogens with zero attached hydrogens (tertiary/aromatic N) is 2. The summed E-state index contributed by atoms with van der Waals surface area (Å²) in [6.07, 6.45) is 1.75. The Morgan fingerprint density at radius 2 is 1.90 bits per heavy atom. The summed E-state index contributed by atoms with van der Waals surface area (Å²) < 4.78 is 10.9. The van der Waals surface area contributed by atoms with E-state index < -0.39 is 0 Å². The van der Waals surface area contributed by atoms with Crippen molar-refractivity contribution in [2.24, 2.45) is 0 Å². The molecule has 162 valence electrons. The van der Waals surface area contributed by atoms with Gasteiger partial charge in [-0.1, -0.05) is 18.2 Å². The van der Waals surface area contributed by atoms with Crippen LogP contribution in [0, 0.1) is 6.92 Å². The maximum absolute atomic E-state index is 12.3. The Morgan fingerprint density at radius 1 is 1.16 bits per heavy atom. The largest absolute Gasteiger partial charge is 0.497 e. The van der Waals surface area contributed by atoms with Crippen LogP contribution in [0.25, 0.3) is 11.3 Å². The highest BCUT2D eigenvalue weighted by Gasteiger charge is 2.22. The van der Waals surface area contributed by atoms with Crippen LogP contribution in [0.3, 0.4) is 0 Å². The molecule has 7 nitrogen and oxygen atoms in total. The van der Waals surface area contributed by atoms with E-state index in [4.69, 9.17) is 9.47 Å². The Bertz CT molecular complexity index is 1010. The summed E-state index contributed by atoms with van der Waals surface area (Å²) in [4.78, 5) is 14.5. The number of aromatic amines is 1. The van der Waals surface area contributed by atoms with Crippen LogP contribution in [0.15, 0.2) is 54.6 Å². The van der Waals surface area contributed by atoms with Gasteiger partial charge >= 0.3 is 0 Å². The number of amides is 1. The lowest BCUT2D eigenvalue weighted by Crippen LogP contribution is -2.46. The highest BCUT2D eigenvalue weighted by atomic mass is 16.5. The Morgan fingerprint density at radius 3 is 2.61 bits per heavy atom. The van der Waals surface area contributed by atoms with E-state index in [2.05, 4.69) is 26.5 Å². The molecule has 1 aliphatic rings. The van der Waals surface area contributed by atoms with Crippen molar-refractivity contribution in [2.45, 2.75) is 25.8 Å². The van der Waals surface area contributed by atoms with Crippen LogP contribution in [0.2, 0.25) is 0 Å². The van der Waals surface area contributed by atoms with E-state index in [0.29, 0.717) is 0 Å². The summed E-state index contributed by atoms with van der Waals surface area (Å²) >= 11 is 0. The van der Waals surface area contributed by atoms with Gasteiger partial charge in [0.25, 0.3) is 5.91 Å². The number of hydrogen-bond acceptors (Lipinski definition) is 5. The quantitative estimate of drug-likeness (QED) is 0.611. The summed E-state index contributed by atoms with van der Waals surface area (Å²) in [6, 6.07) is 17.8. The molecule has 0 bridgehead atoms. The molecule has 0 aliphatic carbocycles. The van der Waals surface area contributed by atoms with Gasteiger partial charge in [-0.05, 0) is 61.2 Å². The van der Waals surface area contributed by atoms with Crippen molar-refractivity contribution in [3.63, 3.8) is 0 Å². The van der Waals surface area contributed by atoms with E-state index in [-0.39, 0.29) is 18.6 Å². The number of anilines is 1. The maximum atomic E-state index is 12.3. The maximum Gasteiger partial charge on any atom is 0.258 e. The molecular weight excluding hydrogens is 392 g/mol. The van der Waals surface area contributed by atoms with Crippen LogP contribution >= 0.6 is 0 Å². The van der Waals surface area contributed by atoms with Gasteiger partial charge in [-0.3, -0.25) is 9.89 Å². The number of nitrogens with one attached hydrogen (secondary N) is 2. The molecule has 2 heterocycles. The standard InChI is InChI=1S/C24H28N4O3/c1-17-5-3-4-6-22(17)31-16-24(29)25-19-11-13-28(14-12-19)23-15-21(26-27-23)18-7-9-20(30-2)10-8-18/h3-10,15,19H,11-14,16H2,1-2H3,(H,25,29)(H,26,27). The lowest BCUT2D eigenvalue weighted by molar-refractivity contribution is -0.123. The molecule has 2 N–H and O–H groups in total. The van der Waals surface area contributed by atoms with Crippen molar-refractivity contribution < 1.29 is 14.3 Å². The summed E-state index contributed by atoms with van der Waals surface area (Å²) in [6.45, 7) is 3.70. The van der Waals surface area contributed by atoms with Gasteiger partial charge in [-0.2, -0.15) is 5.10 Å². The van der Waals surface area contributed by atoms with E-state index in [0.717, 1.165) is 60.1 Å². The van der Waals surface area contributed by atoms with E-state index in [1.54, 1.807) is 7.11 Å². The number of aromatic nitrogens is 2. The lowest BCUT2D eigenvalue weighted by Gasteiger charge is -2.32. The van der Waals surface area contributed by atoms with Gasteiger partial charge in [0.2, 0.25) is 0 Å². The fraction of sp³-hybridized carbons (Fsp3) is 0.333. The number of benzene rings is 2. The van der Waals surface area contributed by atoms with Gasteiger partial charge < -0.3 is 19.7 Å². The molecule has 0 atom stereocenters. The molecule has 31 heavy (non-hydrogen) atoms. The smallest absolute Gasteiger partial charge is 0.258 e. The topological polar surface area (TPSA) is 79.5 Å². The molecule has 0 spiro atoms. The van der Waals surface area contributed by atoms with Crippen molar-refractivity contribution in [2.75, 3.05) is 31.7 Å². The molecule has 0 unspecified atom stereocenters. The van der Waals surface area contributed by atoms with Gasteiger partial charge in [-0.25, -0.2) is 0 Å².